The molecule has 4 heteroatoms. The number of carbonyl (C=O) groups is 2. The second-order valence-corrected chi connectivity index (χ2v) is 3.84. The highest BCUT2D eigenvalue weighted by Crippen LogP contribution is 2.17. The lowest BCUT2D eigenvalue weighted by molar-refractivity contribution is 0.101. The predicted molar refractivity (Wildman–Crippen MR) is 61.8 cm³/mol. The molecular formula is C12H14N2O2. The van der Waals surface area contributed by atoms with E-state index in [0.717, 1.165) is 25.2 Å². The minimum atomic E-state index is -0.0678. The van der Waals surface area contributed by atoms with E-state index in [2.05, 4.69) is 5.32 Å². The zero-order chi connectivity index (χ0) is 11.5. The van der Waals surface area contributed by atoms with Crippen LogP contribution in [-0.2, 0) is 0 Å². The Kier molecular flexibility index (Phi) is 2.90. The Morgan fingerprint density at radius 1 is 1.31 bits per heavy atom. The Hall–Kier alpha value is -1.84. The molecule has 1 aliphatic heterocycles. The summed E-state index contributed by atoms with van der Waals surface area (Å²) in [5.41, 5.74) is 1.50. The summed E-state index contributed by atoms with van der Waals surface area (Å²) < 4.78 is 0. The molecule has 0 bridgehead atoms. The van der Waals surface area contributed by atoms with Gasteiger partial charge in [0.05, 0.1) is 0 Å². The molecule has 2 rings (SSSR count). The molecule has 16 heavy (non-hydrogen) atoms. The first kappa shape index (κ1) is 10.7. The SMILES string of the molecule is CC(=O)c1ccc(N2CCCNC2=O)cc1. The van der Waals surface area contributed by atoms with Crippen molar-refractivity contribution in [2.45, 2.75) is 13.3 Å². The van der Waals surface area contributed by atoms with E-state index in [1.807, 2.05) is 12.1 Å². The van der Waals surface area contributed by atoms with Gasteiger partial charge in [0.25, 0.3) is 0 Å². The standard InChI is InChI=1S/C12H14N2O2/c1-9(15)10-3-5-11(6-4-10)14-8-2-7-13-12(14)16/h3-6H,2,7-8H2,1H3,(H,13,16). The molecule has 0 saturated carbocycles. The number of urea groups is 1. The molecule has 0 atom stereocenters. The van der Waals surface area contributed by atoms with E-state index >= 15 is 0 Å². The lowest BCUT2D eigenvalue weighted by Crippen LogP contribution is -2.46. The maximum absolute atomic E-state index is 11.6. The molecule has 1 aromatic carbocycles. The van der Waals surface area contributed by atoms with Crippen LogP contribution >= 0.6 is 0 Å². The molecule has 1 saturated heterocycles. The van der Waals surface area contributed by atoms with Crippen molar-refractivity contribution < 1.29 is 9.59 Å². The van der Waals surface area contributed by atoms with Gasteiger partial charge >= 0.3 is 6.03 Å². The lowest BCUT2D eigenvalue weighted by atomic mass is 10.1. The third kappa shape index (κ3) is 2.05. The number of hydrogen-bond acceptors (Lipinski definition) is 2. The number of amides is 2. The smallest absolute Gasteiger partial charge is 0.321 e. The monoisotopic (exact) mass is 218 g/mol. The molecule has 0 aliphatic carbocycles. The van der Waals surface area contributed by atoms with Crippen molar-refractivity contribution >= 4 is 17.5 Å². The second-order valence-electron chi connectivity index (χ2n) is 3.84. The van der Waals surface area contributed by atoms with Crippen LogP contribution in [0.3, 0.4) is 0 Å². The number of nitrogens with zero attached hydrogens (tertiary/aromatic N) is 1. The number of rotatable bonds is 2. The summed E-state index contributed by atoms with van der Waals surface area (Å²) in [7, 11) is 0. The van der Waals surface area contributed by atoms with Crippen LogP contribution in [0.2, 0.25) is 0 Å². The van der Waals surface area contributed by atoms with Gasteiger partial charge in [0, 0.05) is 24.3 Å². The zero-order valence-electron chi connectivity index (χ0n) is 9.19. The van der Waals surface area contributed by atoms with Crippen LogP contribution in [-0.4, -0.2) is 24.9 Å². The maximum Gasteiger partial charge on any atom is 0.321 e. The van der Waals surface area contributed by atoms with Gasteiger partial charge in [-0.15, -0.1) is 0 Å². The van der Waals surface area contributed by atoms with Crippen LogP contribution in [0, 0.1) is 0 Å². The summed E-state index contributed by atoms with van der Waals surface area (Å²) in [6, 6.07) is 7.05. The highest BCUT2D eigenvalue weighted by atomic mass is 16.2. The van der Waals surface area contributed by atoms with E-state index in [1.165, 1.54) is 6.92 Å². The van der Waals surface area contributed by atoms with Crippen molar-refractivity contribution in [1.82, 2.24) is 5.32 Å². The fourth-order valence-corrected chi connectivity index (χ4v) is 1.75. The summed E-state index contributed by atoms with van der Waals surface area (Å²) in [4.78, 5) is 24.4. The van der Waals surface area contributed by atoms with Gasteiger partial charge < -0.3 is 5.32 Å². The Balaban J connectivity index is 2.20. The average Bonchev–Trinajstić information content (AvgIpc) is 2.30. The van der Waals surface area contributed by atoms with Gasteiger partial charge in [0.2, 0.25) is 0 Å². The maximum atomic E-state index is 11.6. The third-order valence-electron chi connectivity index (χ3n) is 2.67. The topological polar surface area (TPSA) is 49.4 Å². The first-order valence-corrected chi connectivity index (χ1v) is 5.35. The first-order valence-electron chi connectivity index (χ1n) is 5.35. The first-order chi connectivity index (χ1) is 7.68. The van der Waals surface area contributed by atoms with E-state index in [0.29, 0.717) is 5.56 Å². The van der Waals surface area contributed by atoms with Crippen LogP contribution < -0.4 is 10.2 Å². The second kappa shape index (κ2) is 4.35. The highest BCUT2D eigenvalue weighted by Gasteiger charge is 2.18. The van der Waals surface area contributed by atoms with Gasteiger partial charge in [0.1, 0.15) is 0 Å². The van der Waals surface area contributed by atoms with E-state index in [9.17, 15) is 9.59 Å². The number of hydrogen-bond donors (Lipinski definition) is 1. The van der Waals surface area contributed by atoms with Gasteiger partial charge in [0.15, 0.2) is 5.78 Å². The molecule has 1 aliphatic rings. The quantitative estimate of drug-likeness (QED) is 0.769. The largest absolute Gasteiger partial charge is 0.338 e. The molecular weight excluding hydrogens is 204 g/mol. The van der Waals surface area contributed by atoms with Crippen LogP contribution in [0.5, 0.6) is 0 Å². The van der Waals surface area contributed by atoms with Crippen LogP contribution in [0.4, 0.5) is 10.5 Å². The zero-order valence-corrected chi connectivity index (χ0v) is 9.19. The molecule has 2 amide bonds. The van der Waals surface area contributed by atoms with Gasteiger partial charge in [-0.1, -0.05) is 0 Å². The Morgan fingerprint density at radius 3 is 2.56 bits per heavy atom. The highest BCUT2D eigenvalue weighted by molar-refractivity contribution is 5.96. The normalized spacial score (nSPS) is 15.8. The minimum absolute atomic E-state index is 0.0367. The van der Waals surface area contributed by atoms with Gasteiger partial charge in [-0.2, -0.15) is 0 Å². The molecule has 0 unspecified atom stereocenters. The Bertz CT molecular complexity index is 412. The number of anilines is 1. The number of carbonyl (C=O) groups excluding carboxylic acids is 2. The van der Waals surface area contributed by atoms with Gasteiger partial charge in [-0.3, -0.25) is 9.69 Å². The van der Waals surface area contributed by atoms with E-state index in [4.69, 9.17) is 0 Å². The Morgan fingerprint density at radius 2 is 2.00 bits per heavy atom. The summed E-state index contributed by atoms with van der Waals surface area (Å²) in [6.45, 7) is 2.99. The van der Waals surface area contributed by atoms with Crippen LogP contribution in [0.1, 0.15) is 23.7 Å². The summed E-state index contributed by atoms with van der Waals surface area (Å²) in [6.07, 6.45) is 0.945. The molecule has 1 N–H and O–H groups in total. The molecule has 1 aromatic rings. The van der Waals surface area contributed by atoms with Crippen LogP contribution in [0.15, 0.2) is 24.3 Å². The van der Waals surface area contributed by atoms with E-state index < -0.39 is 0 Å². The van der Waals surface area contributed by atoms with Gasteiger partial charge in [-0.05, 0) is 37.6 Å². The fourth-order valence-electron chi connectivity index (χ4n) is 1.75. The summed E-state index contributed by atoms with van der Waals surface area (Å²) in [5, 5.41) is 2.79. The average molecular weight is 218 g/mol. The molecule has 1 heterocycles. The minimum Gasteiger partial charge on any atom is -0.338 e. The van der Waals surface area contributed by atoms with Crippen molar-refractivity contribution in [3.8, 4) is 0 Å². The molecule has 0 radical (unpaired) electrons. The number of ketones is 1. The van der Waals surface area contributed by atoms with Crippen LogP contribution in [0.25, 0.3) is 0 Å². The molecule has 0 spiro atoms. The number of Topliss-reactive ketones (excluding diaryl/α,β-unsaturated/α-hetero) is 1. The molecule has 4 nitrogen and oxygen atoms in total. The van der Waals surface area contributed by atoms with Gasteiger partial charge in [-0.25, -0.2) is 4.79 Å². The molecule has 84 valence electrons. The van der Waals surface area contributed by atoms with E-state index in [1.54, 1.807) is 17.0 Å². The summed E-state index contributed by atoms with van der Waals surface area (Å²) in [5.74, 6) is 0.0367. The van der Waals surface area contributed by atoms with Crippen molar-refractivity contribution in [2.75, 3.05) is 18.0 Å². The lowest BCUT2D eigenvalue weighted by Gasteiger charge is -2.27. The van der Waals surface area contributed by atoms with Crippen molar-refractivity contribution in [1.29, 1.82) is 0 Å². The third-order valence-corrected chi connectivity index (χ3v) is 2.67. The van der Waals surface area contributed by atoms with Crippen molar-refractivity contribution in [3.63, 3.8) is 0 Å². The number of benzene rings is 1. The predicted octanol–water partition coefficient (Wildman–Crippen LogP) is 1.81. The van der Waals surface area contributed by atoms with Crippen molar-refractivity contribution in [2.24, 2.45) is 0 Å². The Labute approximate surface area is 94.2 Å². The fraction of sp³-hybridized carbons (Fsp3) is 0.333. The molecule has 0 aromatic heterocycles. The summed E-state index contributed by atoms with van der Waals surface area (Å²) >= 11 is 0. The number of nitrogens with one attached hydrogen (secondary N) is 1. The molecule has 1 fully saturated rings. The van der Waals surface area contributed by atoms with E-state index in [-0.39, 0.29) is 11.8 Å². The van der Waals surface area contributed by atoms with Crippen molar-refractivity contribution in [3.05, 3.63) is 29.8 Å².